The molecule has 6 nitrogen and oxygen atoms in total. The van der Waals surface area contributed by atoms with Gasteiger partial charge in [0.05, 0.1) is 22.7 Å². The van der Waals surface area contributed by atoms with Crippen molar-refractivity contribution >= 4 is 15.5 Å². The zero-order valence-corrected chi connectivity index (χ0v) is 12.9. The van der Waals surface area contributed by atoms with Crippen LogP contribution in [0.4, 0.5) is 5.69 Å². The van der Waals surface area contributed by atoms with Gasteiger partial charge in [-0.3, -0.25) is 10.1 Å². The second-order valence-corrected chi connectivity index (χ2v) is 7.14. The molecule has 23 heavy (non-hydrogen) atoms. The molecule has 0 bridgehead atoms. The SMILES string of the molecule is N#CC[C@@H](Cc1ccccc1)S(=O)(=O)c1ccccc1[N+](=O)[O-]. The van der Waals surface area contributed by atoms with Crippen LogP contribution in [0, 0.1) is 21.4 Å². The first-order valence-electron chi connectivity index (χ1n) is 6.85. The lowest BCUT2D eigenvalue weighted by Gasteiger charge is -2.15. The summed E-state index contributed by atoms with van der Waals surface area (Å²) in [5.74, 6) is 0. The Labute approximate surface area is 134 Å². The van der Waals surface area contributed by atoms with E-state index in [2.05, 4.69) is 0 Å². The maximum atomic E-state index is 12.8. The highest BCUT2D eigenvalue weighted by Gasteiger charge is 2.33. The van der Waals surface area contributed by atoms with E-state index in [0.717, 1.165) is 11.6 Å². The van der Waals surface area contributed by atoms with Gasteiger partial charge in [0, 0.05) is 6.07 Å². The fourth-order valence-electron chi connectivity index (χ4n) is 2.30. The summed E-state index contributed by atoms with van der Waals surface area (Å²) in [6, 6.07) is 16.0. The van der Waals surface area contributed by atoms with E-state index in [9.17, 15) is 18.5 Å². The van der Waals surface area contributed by atoms with Gasteiger partial charge >= 0.3 is 0 Å². The van der Waals surface area contributed by atoms with Gasteiger partial charge < -0.3 is 0 Å². The molecule has 118 valence electrons. The highest BCUT2D eigenvalue weighted by atomic mass is 32.2. The van der Waals surface area contributed by atoms with Crippen LogP contribution in [0.1, 0.15) is 12.0 Å². The number of hydrogen-bond donors (Lipinski definition) is 0. The molecule has 1 atom stereocenters. The number of sulfone groups is 1. The first-order valence-corrected chi connectivity index (χ1v) is 8.39. The normalized spacial score (nSPS) is 12.3. The Morgan fingerprint density at radius 1 is 1.09 bits per heavy atom. The third-order valence-corrected chi connectivity index (χ3v) is 5.60. The molecule has 0 unspecified atom stereocenters. The zero-order chi connectivity index (χ0) is 16.9. The average Bonchev–Trinajstić information content (AvgIpc) is 2.55. The van der Waals surface area contributed by atoms with Crippen LogP contribution in [0.2, 0.25) is 0 Å². The van der Waals surface area contributed by atoms with E-state index in [0.29, 0.717) is 0 Å². The van der Waals surface area contributed by atoms with Crippen LogP contribution in [0.5, 0.6) is 0 Å². The summed E-state index contributed by atoms with van der Waals surface area (Å²) in [4.78, 5) is 10.0. The number of nitro groups is 1. The zero-order valence-electron chi connectivity index (χ0n) is 12.1. The lowest BCUT2D eigenvalue weighted by Crippen LogP contribution is -2.24. The molecule has 0 aliphatic rings. The molecule has 0 radical (unpaired) electrons. The summed E-state index contributed by atoms with van der Waals surface area (Å²) < 4.78 is 25.6. The monoisotopic (exact) mass is 330 g/mol. The lowest BCUT2D eigenvalue weighted by atomic mass is 10.1. The summed E-state index contributed by atoms with van der Waals surface area (Å²) in [6.07, 6.45) is -0.105. The molecule has 0 aliphatic carbocycles. The largest absolute Gasteiger partial charge is 0.287 e. The summed E-state index contributed by atoms with van der Waals surface area (Å²) in [5, 5.41) is 19.0. The van der Waals surface area contributed by atoms with Crippen molar-refractivity contribution in [3.8, 4) is 6.07 Å². The molecular formula is C16H14N2O4S. The predicted molar refractivity (Wildman–Crippen MR) is 84.4 cm³/mol. The molecule has 0 saturated heterocycles. The summed E-state index contributed by atoms with van der Waals surface area (Å²) >= 11 is 0. The second-order valence-electron chi connectivity index (χ2n) is 4.94. The van der Waals surface area contributed by atoms with Crippen molar-refractivity contribution in [1.82, 2.24) is 0 Å². The molecule has 0 fully saturated rings. The average molecular weight is 330 g/mol. The van der Waals surface area contributed by atoms with Gasteiger partial charge in [-0.05, 0) is 18.1 Å². The highest BCUT2D eigenvalue weighted by Crippen LogP contribution is 2.29. The number of hydrogen-bond acceptors (Lipinski definition) is 5. The molecule has 0 N–H and O–H groups in total. The third kappa shape index (κ3) is 3.73. The Hall–Kier alpha value is -2.72. The van der Waals surface area contributed by atoms with E-state index in [-0.39, 0.29) is 17.7 Å². The first-order chi connectivity index (χ1) is 11.0. The number of rotatable bonds is 6. The standard InChI is InChI=1S/C16H14N2O4S/c17-11-10-14(12-13-6-2-1-3-7-13)23(21,22)16-9-5-4-8-15(16)18(19)20/h1-9,14H,10,12H2/t14-/m0/s1. The predicted octanol–water partition coefficient (Wildman–Crippen LogP) is 2.89. The Morgan fingerprint density at radius 2 is 1.70 bits per heavy atom. The molecule has 0 spiro atoms. The molecule has 2 aromatic rings. The van der Waals surface area contributed by atoms with Gasteiger partial charge in [-0.15, -0.1) is 0 Å². The molecule has 7 heteroatoms. The molecule has 0 amide bonds. The summed E-state index contributed by atoms with van der Waals surface area (Å²) in [7, 11) is -4.00. The summed E-state index contributed by atoms with van der Waals surface area (Å²) in [5.41, 5.74) is 0.290. The Bertz CT molecular complexity index is 842. The second kappa shape index (κ2) is 7.03. The van der Waals surface area contributed by atoms with Gasteiger partial charge in [0.2, 0.25) is 0 Å². The maximum Gasteiger partial charge on any atom is 0.287 e. The molecule has 0 heterocycles. The van der Waals surface area contributed by atoms with E-state index in [1.807, 2.05) is 6.07 Å². The van der Waals surface area contributed by atoms with Crippen LogP contribution in [0.15, 0.2) is 59.5 Å². The van der Waals surface area contributed by atoms with Crippen molar-refractivity contribution in [3.63, 3.8) is 0 Å². The van der Waals surface area contributed by atoms with E-state index < -0.39 is 25.7 Å². The third-order valence-electron chi connectivity index (χ3n) is 3.43. The van der Waals surface area contributed by atoms with E-state index in [1.54, 1.807) is 30.3 Å². The van der Waals surface area contributed by atoms with Gasteiger partial charge in [0.25, 0.3) is 5.69 Å². The quantitative estimate of drug-likeness (QED) is 0.598. The van der Waals surface area contributed by atoms with Crippen LogP contribution in [0.25, 0.3) is 0 Å². The van der Waals surface area contributed by atoms with Crippen molar-refractivity contribution in [3.05, 3.63) is 70.3 Å². The van der Waals surface area contributed by atoms with Gasteiger partial charge in [0.15, 0.2) is 9.84 Å². The number of nitriles is 1. The number of nitrogens with zero attached hydrogens (tertiary/aromatic N) is 2. The van der Waals surface area contributed by atoms with Gasteiger partial charge in [0.1, 0.15) is 4.90 Å². The first kappa shape index (κ1) is 16.6. The maximum absolute atomic E-state index is 12.8. The van der Waals surface area contributed by atoms with Gasteiger partial charge in [-0.2, -0.15) is 5.26 Å². The van der Waals surface area contributed by atoms with E-state index in [4.69, 9.17) is 5.26 Å². The Balaban J connectivity index is 2.46. The van der Waals surface area contributed by atoms with Gasteiger partial charge in [-0.1, -0.05) is 42.5 Å². The fourth-order valence-corrected chi connectivity index (χ4v) is 4.07. The van der Waals surface area contributed by atoms with Crippen molar-refractivity contribution in [1.29, 1.82) is 5.26 Å². The highest BCUT2D eigenvalue weighted by molar-refractivity contribution is 7.92. The van der Waals surface area contributed by atoms with Crippen molar-refractivity contribution in [2.45, 2.75) is 23.0 Å². The molecule has 0 saturated carbocycles. The molecule has 2 rings (SSSR count). The topological polar surface area (TPSA) is 101 Å². The van der Waals surface area contributed by atoms with Gasteiger partial charge in [-0.25, -0.2) is 8.42 Å². The minimum atomic E-state index is -4.00. The van der Waals surface area contributed by atoms with Crippen LogP contribution in [-0.2, 0) is 16.3 Å². The van der Waals surface area contributed by atoms with Crippen molar-refractivity contribution in [2.24, 2.45) is 0 Å². The van der Waals surface area contributed by atoms with Crippen LogP contribution in [0.3, 0.4) is 0 Å². The number of para-hydroxylation sites is 1. The Kier molecular flexibility index (Phi) is 5.09. The van der Waals surface area contributed by atoms with E-state index in [1.165, 1.54) is 18.2 Å². The molecular weight excluding hydrogens is 316 g/mol. The van der Waals surface area contributed by atoms with E-state index >= 15 is 0 Å². The van der Waals surface area contributed by atoms with Crippen LogP contribution < -0.4 is 0 Å². The number of benzene rings is 2. The van der Waals surface area contributed by atoms with Crippen molar-refractivity contribution < 1.29 is 13.3 Å². The fraction of sp³-hybridized carbons (Fsp3) is 0.188. The smallest absolute Gasteiger partial charge is 0.258 e. The van der Waals surface area contributed by atoms with Crippen LogP contribution >= 0.6 is 0 Å². The minimum absolute atomic E-state index is 0.128. The molecule has 0 aliphatic heterocycles. The lowest BCUT2D eigenvalue weighted by molar-refractivity contribution is -0.387. The minimum Gasteiger partial charge on any atom is -0.258 e. The molecule has 0 aromatic heterocycles. The summed E-state index contributed by atoms with van der Waals surface area (Å²) in [6.45, 7) is 0. The Morgan fingerprint density at radius 3 is 2.30 bits per heavy atom. The molecule has 2 aromatic carbocycles. The van der Waals surface area contributed by atoms with Crippen LogP contribution in [-0.4, -0.2) is 18.6 Å². The van der Waals surface area contributed by atoms with Crippen molar-refractivity contribution in [2.75, 3.05) is 0 Å². The number of nitro benzene ring substituents is 1.